The van der Waals surface area contributed by atoms with E-state index >= 15 is 0 Å². The van der Waals surface area contributed by atoms with E-state index in [0.29, 0.717) is 11.3 Å². The Morgan fingerprint density at radius 3 is 2.47 bits per heavy atom. The smallest absolute Gasteiger partial charge is 0.132 e. The van der Waals surface area contributed by atoms with Crippen LogP contribution in [0, 0.1) is 5.82 Å². The van der Waals surface area contributed by atoms with Gasteiger partial charge in [0.2, 0.25) is 0 Å². The number of benzene rings is 2. The van der Waals surface area contributed by atoms with Gasteiger partial charge in [0.1, 0.15) is 17.3 Å². The molecule has 3 heteroatoms. The Balaban J connectivity index is 2.16. The molecule has 0 unspecified atom stereocenters. The predicted molar refractivity (Wildman–Crippen MR) is 74.8 cm³/mol. The van der Waals surface area contributed by atoms with Crippen LogP contribution in [-0.2, 0) is 13.0 Å². The van der Waals surface area contributed by atoms with Crippen molar-refractivity contribution in [3.63, 3.8) is 0 Å². The van der Waals surface area contributed by atoms with Crippen LogP contribution >= 0.6 is 0 Å². The van der Waals surface area contributed by atoms with Gasteiger partial charge in [0.15, 0.2) is 0 Å². The lowest BCUT2D eigenvalue weighted by molar-refractivity contribution is 0.473. The number of halogens is 1. The zero-order valence-electron chi connectivity index (χ0n) is 11.0. The monoisotopic (exact) mass is 259 g/mol. The van der Waals surface area contributed by atoms with Crippen molar-refractivity contribution >= 4 is 0 Å². The molecule has 0 bridgehead atoms. The molecule has 2 aromatic carbocycles. The maximum atomic E-state index is 13.1. The lowest BCUT2D eigenvalue weighted by atomic mass is 10.1. The van der Waals surface area contributed by atoms with Gasteiger partial charge in [-0.25, -0.2) is 4.39 Å². The summed E-state index contributed by atoms with van der Waals surface area (Å²) in [5, 5.41) is 0. The fraction of sp³-hybridized carbons (Fsp3) is 0.250. The Hall–Kier alpha value is -1.87. The molecular weight excluding hydrogens is 241 g/mol. The van der Waals surface area contributed by atoms with Crippen LogP contribution in [0.1, 0.15) is 24.5 Å². The molecule has 0 saturated carbocycles. The molecule has 0 aliphatic rings. The highest BCUT2D eigenvalue weighted by atomic mass is 19.1. The summed E-state index contributed by atoms with van der Waals surface area (Å²) in [6, 6.07) is 12.3. The minimum absolute atomic E-state index is 0.251. The summed E-state index contributed by atoms with van der Waals surface area (Å²) in [6.45, 7) is 2.40. The van der Waals surface area contributed by atoms with Crippen LogP contribution in [0.25, 0.3) is 0 Å². The molecule has 19 heavy (non-hydrogen) atoms. The molecule has 2 nitrogen and oxygen atoms in total. The average molecular weight is 259 g/mol. The lowest BCUT2D eigenvalue weighted by Gasteiger charge is -2.10. The largest absolute Gasteiger partial charge is 0.457 e. The third-order valence-electron chi connectivity index (χ3n) is 2.93. The van der Waals surface area contributed by atoms with Gasteiger partial charge >= 0.3 is 0 Å². The van der Waals surface area contributed by atoms with Gasteiger partial charge in [0, 0.05) is 12.1 Å². The first-order valence-corrected chi connectivity index (χ1v) is 6.48. The quantitative estimate of drug-likeness (QED) is 0.879. The van der Waals surface area contributed by atoms with Crippen LogP contribution in [0.2, 0.25) is 0 Å². The van der Waals surface area contributed by atoms with Crippen LogP contribution in [0.15, 0.2) is 42.5 Å². The van der Waals surface area contributed by atoms with Crippen LogP contribution in [0.5, 0.6) is 11.5 Å². The van der Waals surface area contributed by atoms with Crippen LogP contribution in [-0.4, -0.2) is 0 Å². The van der Waals surface area contributed by atoms with E-state index in [1.807, 2.05) is 24.3 Å². The number of hydrogen-bond donors (Lipinski definition) is 1. The van der Waals surface area contributed by atoms with Gasteiger partial charge in [-0.1, -0.05) is 25.5 Å². The molecule has 0 atom stereocenters. The first-order chi connectivity index (χ1) is 9.22. The van der Waals surface area contributed by atoms with Gasteiger partial charge < -0.3 is 10.5 Å². The second-order valence-corrected chi connectivity index (χ2v) is 4.45. The van der Waals surface area contributed by atoms with E-state index in [1.165, 1.54) is 17.7 Å². The molecule has 0 amide bonds. The SMILES string of the molecule is CCCc1ccc(Oc2ccc(F)cc2CN)cc1. The fourth-order valence-electron chi connectivity index (χ4n) is 1.95. The van der Waals surface area contributed by atoms with Gasteiger partial charge in [0.25, 0.3) is 0 Å². The zero-order valence-corrected chi connectivity index (χ0v) is 11.0. The molecule has 0 fully saturated rings. The van der Waals surface area contributed by atoms with Gasteiger partial charge in [-0.2, -0.15) is 0 Å². The summed E-state index contributed by atoms with van der Waals surface area (Å²) < 4.78 is 18.8. The maximum Gasteiger partial charge on any atom is 0.132 e. The normalized spacial score (nSPS) is 10.5. The van der Waals surface area contributed by atoms with Crippen LogP contribution in [0.3, 0.4) is 0 Å². The molecule has 0 spiro atoms. The second-order valence-electron chi connectivity index (χ2n) is 4.45. The van der Waals surface area contributed by atoms with Crippen LogP contribution < -0.4 is 10.5 Å². The summed E-state index contributed by atoms with van der Waals surface area (Å²) in [6.07, 6.45) is 2.18. The topological polar surface area (TPSA) is 35.2 Å². The van der Waals surface area contributed by atoms with E-state index in [0.717, 1.165) is 18.6 Å². The molecular formula is C16H18FNO. The van der Waals surface area contributed by atoms with Crippen molar-refractivity contribution in [3.8, 4) is 11.5 Å². The second kappa shape index (κ2) is 6.34. The minimum atomic E-state index is -0.300. The van der Waals surface area contributed by atoms with E-state index in [-0.39, 0.29) is 12.4 Å². The van der Waals surface area contributed by atoms with E-state index in [1.54, 1.807) is 6.07 Å². The van der Waals surface area contributed by atoms with Crippen molar-refractivity contribution in [1.29, 1.82) is 0 Å². The number of hydrogen-bond acceptors (Lipinski definition) is 2. The molecule has 0 aromatic heterocycles. The molecule has 2 rings (SSSR count). The van der Waals surface area contributed by atoms with Gasteiger partial charge in [-0.15, -0.1) is 0 Å². The number of ether oxygens (including phenoxy) is 1. The van der Waals surface area contributed by atoms with Crippen LogP contribution in [0.4, 0.5) is 4.39 Å². The Kier molecular flexibility index (Phi) is 4.53. The molecule has 0 radical (unpaired) electrons. The third kappa shape index (κ3) is 3.55. The first-order valence-electron chi connectivity index (χ1n) is 6.48. The van der Waals surface area contributed by atoms with E-state index in [4.69, 9.17) is 10.5 Å². The molecule has 2 aromatic rings. The summed E-state index contributed by atoms with van der Waals surface area (Å²) >= 11 is 0. The average Bonchev–Trinajstić information content (AvgIpc) is 2.43. The highest BCUT2D eigenvalue weighted by molar-refractivity contribution is 5.38. The minimum Gasteiger partial charge on any atom is -0.457 e. The van der Waals surface area contributed by atoms with Gasteiger partial charge in [0.05, 0.1) is 0 Å². The van der Waals surface area contributed by atoms with E-state index in [9.17, 15) is 4.39 Å². The molecule has 100 valence electrons. The lowest BCUT2D eigenvalue weighted by Crippen LogP contribution is -2.00. The van der Waals surface area contributed by atoms with Crippen molar-refractivity contribution < 1.29 is 9.13 Å². The molecule has 2 N–H and O–H groups in total. The Morgan fingerprint density at radius 2 is 1.84 bits per heavy atom. The Labute approximate surface area is 113 Å². The van der Waals surface area contributed by atoms with Gasteiger partial charge in [-0.3, -0.25) is 0 Å². The molecule has 0 aliphatic carbocycles. The first kappa shape index (κ1) is 13.6. The third-order valence-corrected chi connectivity index (χ3v) is 2.93. The van der Waals surface area contributed by atoms with Crippen molar-refractivity contribution in [2.24, 2.45) is 5.73 Å². The van der Waals surface area contributed by atoms with Crippen molar-refractivity contribution in [2.75, 3.05) is 0 Å². The maximum absolute atomic E-state index is 13.1. The Morgan fingerprint density at radius 1 is 1.11 bits per heavy atom. The summed E-state index contributed by atoms with van der Waals surface area (Å²) in [7, 11) is 0. The number of aryl methyl sites for hydroxylation is 1. The summed E-state index contributed by atoms with van der Waals surface area (Å²) in [4.78, 5) is 0. The zero-order chi connectivity index (χ0) is 13.7. The standard InChI is InChI=1S/C16H18FNO/c1-2-3-12-4-7-15(8-5-12)19-16-9-6-14(17)10-13(16)11-18/h4-10H,2-3,11,18H2,1H3. The number of nitrogens with two attached hydrogens (primary N) is 1. The van der Waals surface area contributed by atoms with E-state index < -0.39 is 0 Å². The van der Waals surface area contributed by atoms with Crippen molar-refractivity contribution in [2.45, 2.75) is 26.3 Å². The van der Waals surface area contributed by atoms with Crippen molar-refractivity contribution in [3.05, 3.63) is 59.4 Å². The van der Waals surface area contributed by atoms with E-state index in [2.05, 4.69) is 6.92 Å². The van der Waals surface area contributed by atoms with Crippen molar-refractivity contribution in [1.82, 2.24) is 0 Å². The fourth-order valence-corrected chi connectivity index (χ4v) is 1.95. The predicted octanol–water partition coefficient (Wildman–Crippen LogP) is 4.03. The highest BCUT2D eigenvalue weighted by Crippen LogP contribution is 2.26. The Bertz CT molecular complexity index is 537. The highest BCUT2D eigenvalue weighted by Gasteiger charge is 2.05. The van der Waals surface area contributed by atoms with Gasteiger partial charge in [-0.05, 0) is 42.3 Å². The summed E-state index contributed by atoms with van der Waals surface area (Å²) in [5.41, 5.74) is 7.54. The molecule has 0 heterocycles. The number of rotatable bonds is 5. The molecule has 0 aliphatic heterocycles. The molecule has 0 saturated heterocycles. The summed E-state index contributed by atoms with van der Waals surface area (Å²) in [5.74, 6) is 1.04.